The van der Waals surface area contributed by atoms with Gasteiger partial charge in [0.25, 0.3) is 0 Å². The van der Waals surface area contributed by atoms with Gasteiger partial charge < -0.3 is 9.67 Å². The lowest BCUT2D eigenvalue weighted by molar-refractivity contribution is 0.0686. The van der Waals surface area contributed by atoms with E-state index in [9.17, 15) is 13.2 Å². The minimum absolute atomic E-state index is 0.0249. The Balaban J connectivity index is 2.19. The number of carboxylic acids is 1. The minimum Gasteiger partial charge on any atom is -0.477 e. The molecule has 1 aromatic rings. The largest absolute Gasteiger partial charge is 0.477 e. The van der Waals surface area contributed by atoms with E-state index in [1.54, 1.807) is 0 Å². The second-order valence-corrected chi connectivity index (χ2v) is 8.96. The molecule has 1 N–H and O–H groups in total. The predicted molar refractivity (Wildman–Crippen MR) is 83.3 cm³/mol. The number of piperidine rings is 1. The Hall–Kier alpha value is -1.34. The number of carbonyl (C=O) groups is 1. The summed E-state index contributed by atoms with van der Waals surface area (Å²) >= 11 is 0. The second kappa shape index (κ2) is 5.70. The van der Waals surface area contributed by atoms with Gasteiger partial charge in [-0.2, -0.15) is 4.31 Å². The molecule has 0 aliphatic carbocycles. The van der Waals surface area contributed by atoms with Crippen molar-refractivity contribution >= 4 is 16.0 Å². The van der Waals surface area contributed by atoms with Crippen LogP contribution in [0.4, 0.5) is 0 Å². The molecular weight excluding hydrogens is 304 g/mol. The van der Waals surface area contributed by atoms with Crippen molar-refractivity contribution in [3.63, 3.8) is 0 Å². The van der Waals surface area contributed by atoms with Gasteiger partial charge in [-0.25, -0.2) is 13.2 Å². The molecule has 2 rings (SSSR count). The van der Waals surface area contributed by atoms with Crippen LogP contribution < -0.4 is 0 Å². The fraction of sp³-hybridized carbons (Fsp3) is 0.667. The van der Waals surface area contributed by atoms with Gasteiger partial charge >= 0.3 is 5.97 Å². The molecule has 0 saturated carbocycles. The van der Waals surface area contributed by atoms with Gasteiger partial charge in [0.2, 0.25) is 10.0 Å². The van der Waals surface area contributed by atoms with Crippen LogP contribution in [0.1, 0.15) is 44.1 Å². The molecule has 22 heavy (non-hydrogen) atoms. The van der Waals surface area contributed by atoms with Gasteiger partial charge in [0, 0.05) is 26.3 Å². The third-order valence-corrected chi connectivity index (χ3v) is 6.38. The van der Waals surface area contributed by atoms with Crippen LogP contribution in [0.5, 0.6) is 0 Å². The third-order valence-electron chi connectivity index (χ3n) is 4.52. The Kier molecular flexibility index (Phi) is 4.41. The van der Waals surface area contributed by atoms with E-state index in [0.717, 1.165) is 12.8 Å². The molecule has 0 unspecified atom stereocenters. The first-order chi connectivity index (χ1) is 10.0. The van der Waals surface area contributed by atoms with E-state index >= 15 is 0 Å². The molecule has 0 bridgehead atoms. The molecule has 6 nitrogen and oxygen atoms in total. The van der Waals surface area contributed by atoms with E-state index in [0.29, 0.717) is 19.0 Å². The third kappa shape index (κ3) is 3.20. The van der Waals surface area contributed by atoms with Gasteiger partial charge in [0.05, 0.1) is 0 Å². The first-order valence-electron chi connectivity index (χ1n) is 7.43. The van der Waals surface area contributed by atoms with Gasteiger partial charge in [0.1, 0.15) is 10.6 Å². The number of hydrogen-bond donors (Lipinski definition) is 1. The zero-order chi connectivity index (χ0) is 16.7. The van der Waals surface area contributed by atoms with Crippen LogP contribution in [0.25, 0.3) is 0 Å². The highest BCUT2D eigenvalue weighted by molar-refractivity contribution is 7.89. The lowest BCUT2D eigenvalue weighted by atomic mass is 9.76. The summed E-state index contributed by atoms with van der Waals surface area (Å²) in [7, 11) is -2.08. The highest BCUT2D eigenvalue weighted by atomic mass is 32.2. The molecule has 1 aliphatic heterocycles. The number of nitrogens with zero attached hydrogens (tertiary/aromatic N) is 2. The highest BCUT2D eigenvalue weighted by Crippen LogP contribution is 2.35. The summed E-state index contributed by atoms with van der Waals surface area (Å²) in [4.78, 5) is 11.1. The molecule has 0 amide bonds. The summed E-state index contributed by atoms with van der Waals surface area (Å²) in [6, 6.07) is 1.23. The lowest BCUT2D eigenvalue weighted by Crippen LogP contribution is -2.41. The van der Waals surface area contributed by atoms with Crippen molar-refractivity contribution in [1.29, 1.82) is 0 Å². The Morgan fingerprint density at radius 3 is 2.23 bits per heavy atom. The van der Waals surface area contributed by atoms with E-state index in [1.165, 1.54) is 28.2 Å². The first kappa shape index (κ1) is 17.0. The predicted octanol–water partition coefficient (Wildman–Crippen LogP) is 2.17. The molecule has 0 spiro atoms. The lowest BCUT2D eigenvalue weighted by Gasteiger charge is -2.38. The van der Waals surface area contributed by atoms with Gasteiger partial charge in [-0.1, -0.05) is 20.8 Å². The SMILES string of the molecule is Cn1cc(S(=O)(=O)N2CCC(C(C)(C)C)CC2)cc1C(=O)O. The van der Waals surface area contributed by atoms with E-state index in [2.05, 4.69) is 20.8 Å². The smallest absolute Gasteiger partial charge is 0.352 e. The van der Waals surface area contributed by atoms with E-state index in [1.807, 2.05) is 0 Å². The molecule has 1 aliphatic rings. The van der Waals surface area contributed by atoms with Crippen LogP contribution in [0.2, 0.25) is 0 Å². The van der Waals surface area contributed by atoms with Crippen molar-refractivity contribution in [2.75, 3.05) is 13.1 Å². The number of aromatic nitrogens is 1. The van der Waals surface area contributed by atoms with Crippen LogP contribution in [-0.2, 0) is 17.1 Å². The average molecular weight is 328 g/mol. The minimum atomic E-state index is -3.62. The molecule has 1 saturated heterocycles. The van der Waals surface area contributed by atoms with Crippen molar-refractivity contribution in [1.82, 2.24) is 8.87 Å². The Labute approximate surface area is 131 Å². The number of rotatable bonds is 3. The number of carboxylic acid groups (broad SMARTS) is 1. The average Bonchev–Trinajstić information content (AvgIpc) is 2.81. The van der Waals surface area contributed by atoms with E-state index < -0.39 is 16.0 Å². The fourth-order valence-corrected chi connectivity index (χ4v) is 4.54. The topological polar surface area (TPSA) is 79.6 Å². The summed E-state index contributed by atoms with van der Waals surface area (Å²) < 4.78 is 28.1. The van der Waals surface area contributed by atoms with Crippen LogP contribution in [0.3, 0.4) is 0 Å². The Morgan fingerprint density at radius 2 is 1.82 bits per heavy atom. The summed E-state index contributed by atoms with van der Waals surface area (Å²) in [5.74, 6) is -0.625. The summed E-state index contributed by atoms with van der Waals surface area (Å²) in [6.45, 7) is 7.51. The van der Waals surface area contributed by atoms with Gasteiger partial charge in [0.15, 0.2) is 0 Å². The molecule has 0 atom stereocenters. The second-order valence-electron chi connectivity index (χ2n) is 7.02. The molecule has 2 heterocycles. The van der Waals surface area contributed by atoms with E-state index in [-0.39, 0.29) is 16.0 Å². The molecule has 1 fully saturated rings. The van der Waals surface area contributed by atoms with Crippen molar-refractivity contribution in [3.8, 4) is 0 Å². The van der Waals surface area contributed by atoms with Crippen molar-refractivity contribution < 1.29 is 18.3 Å². The zero-order valence-corrected chi connectivity index (χ0v) is 14.4. The highest BCUT2D eigenvalue weighted by Gasteiger charge is 2.34. The van der Waals surface area contributed by atoms with Gasteiger partial charge in [-0.15, -0.1) is 0 Å². The number of aromatic carboxylic acids is 1. The number of aryl methyl sites for hydroxylation is 1. The van der Waals surface area contributed by atoms with Gasteiger partial charge in [-0.05, 0) is 30.2 Å². The summed E-state index contributed by atoms with van der Waals surface area (Å²) in [6.07, 6.45) is 3.04. The van der Waals surface area contributed by atoms with Crippen molar-refractivity contribution in [2.24, 2.45) is 18.4 Å². The monoisotopic (exact) mass is 328 g/mol. The normalized spacial score (nSPS) is 18.5. The quantitative estimate of drug-likeness (QED) is 0.922. The summed E-state index contributed by atoms with van der Waals surface area (Å²) in [5.41, 5.74) is 0.155. The van der Waals surface area contributed by atoms with Crippen LogP contribution in [0, 0.1) is 11.3 Å². The number of hydrogen-bond acceptors (Lipinski definition) is 3. The Bertz CT molecular complexity index is 662. The molecule has 7 heteroatoms. The maximum Gasteiger partial charge on any atom is 0.352 e. The van der Waals surface area contributed by atoms with Crippen LogP contribution in [-0.4, -0.2) is 41.5 Å². The summed E-state index contributed by atoms with van der Waals surface area (Å²) in [5, 5.41) is 9.05. The van der Waals surface area contributed by atoms with Crippen LogP contribution in [0.15, 0.2) is 17.2 Å². The molecule has 0 aromatic carbocycles. The molecule has 124 valence electrons. The maximum absolute atomic E-state index is 12.7. The van der Waals surface area contributed by atoms with E-state index in [4.69, 9.17) is 5.11 Å². The Morgan fingerprint density at radius 1 is 1.27 bits per heavy atom. The van der Waals surface area contributed by atoms with Gasteiger partial charge in [-0.3, -0.25) is 0 Å². The molecular formula is C15H24N2O4S. The zero-order valence-electron chi connectivity index (χ0n) is 13.5. The molecule has 0 radical (unpaired) electrons. The fourth-order valence-electron chi connectivity index (χ4n) is 3.00. The van der Waals surface area contributed by atoms with Crippen LogP contribution >= 0.6 is 0 Å². The molecule has 1 aromatic heterocycles. The van der Waals surface area contributed by atoms with Crippen molar-refractivity contribution in [2.45, 2.75) is 38.5 Å². The maximum atomic E-state index is 12.7. The standard InChI is InChI=1S/C15H24N2O4S/c1-15(2,3)11-5-7-17(8-6-11)22(20,21)12-9-13(14(18)19)16(4)10-12/h9-11H,5-8H2,1-4H3,(H,18,19). The first-order valence-corrected chi connectivity index (χ1v) is 8.87. The van der Waals surface area contributed by atoms with Crippen molar-refractivity contribution in [3.05, 3.63) is 18.0 Å². The number of sulfonamides is 1.